The number of hydrogen-bond acceptors (Lipinski definition) is 4. The zero-order valence-corrected chi connectivity index (χ0v) is 20.0. The Hall–Kier alpha value is -3.35. The van der Waals surface area contributed by atoms with E-state index >= 15 is 0 Å². The average Bonchev–Trinajstić information content (AvgIpc) is 3.16. The molecule has 2 aromatic rings. The quantitative estimate of drug-likeness (QED) is 0.450. The SMILES string of the molecule is CCC(C)[C@H](NC(=O)CCC(C)CNC(=O)OCC1c2ccccc2-c2ccccc21)C(=O)O. The summed E-state index contributed by atoms with van der Waals surface area (Å²) >= 11 is 0. The van der Waals surface area contributed by atoms with Crippen molar-refractivity contribution in [1.82, 2.24) is 10.6 Å². The molecule has 0 heterocycles. The number of nitrogens with one attached hydrogen (secondary N) is 2. The van der Waals surface area contributed by atoms with E-state index in [4.69, 9.17) is 4.74 Å². The first kappa shape index (κ1) is 25.3. The Morgan fingerprint density at radius 1 is 1.00 bits per heavy atom. The number of fused-ring (bicyclic) bond motifs is 3. The molecule has 2 amide bonds. The van der Waals surface area contributed by atoms with Crippen molar-refractivity contribution in [2.75, 3.05) is 13.2 Å². The van der Waals surface area contributed by atoms with Crippen molar-refractivity contribution in [2.45, 2.75) is 52.0 Å². The summed E-state index contributed by atoms with van der Waals surface area (Å²) < 4.78 is 5.54. The van der Waals surface area contributed by atoms with Gasteiger partial charge in [0.15, 0.2) is 0 Å². The Kier molecular flexibility index (Phi) is 8.68. The number of rotatable bonds is 11. The molecule has 0 aliphatic heterocycles. The lowest BCUT2D eigenvalue weighted by Crippen LogP contribution is -2.45. The van der Waals surface area contributed by atoms with Gasteiger partial charge in [0.1, 0.15) is 12.6 Å². The van der Waals surface area contributed by atoms with Gasteiger partial charge in [0, 0.05) is 18.9 Å². The van der Waals surface area contributed by atoms with Gasteiger partial charge in [-0.3, -0.25) is 4.79 Å². The molecule has 1 aliphatic rings. The second-order valence-corrected chi connectivity index (χ2v) is 9.12. The average molecular weight is 467 g/mol. The van der Waals surface area contributed by atoms with Gasteiger partial charge >= 0.3 is 12.1 Å². The lowest BCUT2D eigenvalue weighted by molar-refractivity contribution is -0.143. The molecule has 7 nitrogen and oxygen atoms in total. The molecule has 0 radical (unpaired) electrons. The Labute approximate surface area is 200 Å². The third kappa shape index (κ3) is 6.16. The van der Waals surface area contributed by atoms with Crippen LogP contribution >= 0.6 is 0 Å². The first-order valence-electron chi connectivity index (χ1n) is 11.9. The number of benzene rings is 2. The van der Waals surface area contributed by atoms with Crippen molar-refractivity contribution in [3.05, 3.63) is 59.7 Å². The van der Waals surface area contributed by atoms with Gasteiger partial charge in [-0.1, -0.05) is 75.7 Å². The van der Waals surface area contributed by atoms with Gasteiger partial charge < -0.3 is 20.5 Å². The van der Waals surface area contributed by atoms with Crippen molar-refractivity contribution in [3.8, 4) is 11.1 Å². The molecule has 0 aromatic heterocycles. The van der Waals surface area contributed by atoms with Crippen LogP contribution < -0.4 is 10.6 Å². The van der Waals surface area contributed by atoms with Gasteiger partial charge in [0.25, 0.3) is 0 Å². The molecule has 0 fully saturated rings. The van der Waals surface area contributed by atoms with Crippen LogP contribution in [0.1, 0.15) is 57.1 Å². The highest BCUT2D eigenvalue weighted by molar-refractivity contribution is 5.83. The lowest BCUT2D eigenvalue weighted by Gasteiger charge is -2.20. The van der Waals surface area contributed by atoms with Crippen molar-refractivity contribution >= 4 is 18.0 Å². The molecule has 7 heteroatoms. The van der Waals surface area contributed by atoms with Crippen LogP contribution in [0.15, 0.2) is 48.5 Å². The normalized spacial score (nSPS) is 14.9. The van der Waals surface area contributed by atoms with Gasteiger partial charge in [-0.05, 0) is 40.5 Å². The van der Waals surface area contributed by atoms with Crippen LogP contribution in [0.3, 0.4) is 0 Å². The predicted octanol–water partition coefficient (Wildman–Crippen LogP) is 4.56. The van der Waals surface area contributed by atoms with E-state index in [1.54, 1.807) is 6.92 Å². The van der Waals surface area contributed by atoms with Crippen molar-refractivity contribution < 1.29 is 24.2 Å². The van der Waals surface area contributed by atoms with Gasteiger partial charge in [0.2, 0.25) is 5.91 Å². The topological polar surface area (TPSA) is 105 Å². The van der Waals surface area contributed by atoms with Crippen molar-refractivity contribution in [2.24, 2.45) is 11.8 Å². The smallest absolute Gasteiger partial charge is 0.407 e. The first-order chi connectivity index (χ1) is 16.3. The second-order valence-electron chi connectivity index (χ2n) is 9.12. The standard InChI is InChI=1S/C27H34N2O5/c1-4-18(3)25(26(31)32)29-24(30)14-13-17(2)15-28-27(33)34-16-23-21-11-7-5-9-19(21)20-10-6-8-12-22(20)23/h5-12,17-18,23,25H,4,13-16H2,1-3H3,(H,28,33)(H,29,30)(H,31,32)/t17?,18?,25-/m0/s1. The number of carboxylic acids is 1. The van der Waals surface area contributed by atoms with E-state index in [-0.39, 0.29) is 36.7 Å². The molecule has 182 valence electrons. The van der Waals surface area contributed by atoms with Crippen LogP contribution in [0.5, 0.6) is 0 Å². The molecule has 3 atom stereocenters. The maximum atomic E-state index is 12.3. The number of ether oxygens (including phenoxy) is 1. The van der Waals surface area contributed by atoms with Crippen LogP contribution in [-0.4, -0.2) is 42.3 Å². The summed E-state index contributed by atoms with van der Waals surface area (Å²) in [6.45, 7) is 6.25. The monoisotopic (exact) mass is 466 g/mol. The van der Waals surface area contributed by atoms with E-state index in [1.165, 1.54) is 11.1 Å². The van der Waals surface area contributed by atoms with Crippen LogP contribution in [0.2, 0.25) is 0 Å². The van der Waals surface area contributed by atoms with Crippen molar-refractivity contribution in [1.29, 1.82) is 0 Å². The summed E-state index contributed by atoms with van der Waals surface area (Å²) in [6, 6.07) is 15.5. The summed E-state index contributed by atoms with van der Waals surface area (Å²) in [6.07, 6.45) is 0.911. The summed E-state index contributed by atoms with van der Waals surface area (Å²) in [7, 11) is 0. The fourth-order valence-corrected chi connectivity index (χ4v) is 4.32. The largest absolute Gasteiger partial charge is 0.480 e. The first-order valence-corrected chi connectivity index (χ1v) is 11.9. The summed E-state index contributed by atoms with van der Waals surface area (Å²) in [5.41, 5.74) is 4.68. The third-order valence-corrected chi connectivity index (χ3v) is 6.60. The minimum Gasteiger partial charge on any atom is -0.480 e. The highest BCUT2D eigenvalue weighted by atomic mass is 16.5. The number of carboxylic acid groups (broad SMARTS) is 1. The maximum Gasteiger partial charge on any atom is 0.407 e. The van der Waals surface area contributed by atoms with Crippen LogP contribution in [0, 0.1) is 11.8 Å². The fourth-order valence-electron chi connectivity index (χ4n) is 4.32. The van der Waals surface area contributed by atoms with E-state index < -0.39 is 18.1 Å². The maximum absolute atomic E-state index is 12.3. The number of alkyl carbamates (subject to hydrolysis) is 1. The summed E-state index contributed by atoms with van der Waals surface area (Å²) in [5, 5.41) is 14.7. The van der Waals surface area contributed by atoms with Gasteiger partial charge in [0.05, 0.1) is 0 Å². The predicted molar refractivity (Wildman–Crippen MR) is 130 cm³/mol. The van der Waals surface area contributed by atoms with Crippen LogP contribution in [0.4, 0.5) is 4.79 Å². The number of amides is 2. The highest BCUT2D eigenvalue weighted by Gasteiger charge is 2.29. The van der Waals surface area contributed by atoms with E-state index in [2.05, 4.69) is 34.9 Å². The highest BCUT2D eigenvalue weighted by Crippen LogP contribution is 2.44. The number of hydrogen-bond donors (Lipinski definition) is 3. The van der Waals surface area contributed by atoms with E-state index in [0.717, 1.165) is 11.1 Å². The molecule has 0 spiro atoms. The van der Waals surface area contributed by atoms with Crippen LogP contribution in [-0.2, 0) is 14.3 Å². The van der Waals surface area contributed by atoms with E-state index in [1.807, 2.05) is 38.1 Å². The van der Waals surface area contributed by atoms with Crippen LogP contribution in [0.25, 0.3) is 11.1 Å². The third-order valence-electron chi connectivity index (χ3n) is 6.60. The van der Waals surface area contributed by atoms with Gasteiger partial charge in [-0.2, -0.15) is 0 Å². The molecule has 1 aliphatic carbocycles. The minimum atomic E-state index is -1.02. The number of carbonyl (C=O) groups is 3. The summed E-state index contributed by atoms with van der Waals surface area (Å²) in [4.78, 5) is 35.9. The lowest BCUT2D eigenvalue weighted by atomic mass is 9.98. The Balaban J connectivity index is 1.42. The van der Waals surface area contributed by atoms with E-state index in [0.29, 0.717) is 19.4 Å². The molecule has 0 saturated carbocycles. The Morgan fingerprint density at radius 3 is 2.15 bits per heavy atom. The van der Waals surface area contributed by atoms with Gasteiger partial charge in [-0.15, -0.1) is 0 Å². The van der Waals surface area contributed by atoms with E-state index in [9.17, 15) is 19.5 Å². The van der Waals surface area contributed by atoms with Crippen molar-refractivity contribution in [3.63, 3.8) is 0 Å². The molecule has 2 aromatic carbocycles. The number of aliphatic carboxylic acids is 1. The molecule has 2 unspecified atom stereocenters. The molecular formula is C27H34N2O5. The summed E-state index contributed by atoms with van der Waals surface area (Å²) in [5.74, 6) is -1.41. The number of carbonyl (C=O) groups excluding carboxylic acids is 2. The minimum absolute atomic E-state index is 0.00645. The molecule has 0 saturated heterocycles. The zero-order valence-electron chi connectivity index (χ0n) is 20.0. The Bertz CT molecular complexity index is 976. The molecular weight excluding hydrogens is 432 g/mol. The zero-order chi connectivity index (χ0) is 24.7. The Morgan fingerprint density at radius 2 is 1.59 bits per heavy atom. The molecule has 3 rings (SSSR count). The second kappa shape index (κ2) is 11.7. The molecule has 0 bridgehead atoms. The molecule has 3 N–H and O–H groups in total. The van der Waals surface area contributed by atoms with Gasteiger partial charge in [-0.25, -0.2) is 9.59 Å². The molecule has 34 heavy (non-hydrogen) atoms. The fraction of sp³-hybridized carbons (Fsp3) is 0.444.